The first-order valence-electron chi connectivity index (χ1n) is 19.9. The quantitative estimate of drug-likeness (QED) is 0.0796. The summed E-state index contributed by atoms with van der Waals surface area (Å²) in [4.78, 5) is 63.2. The number of phenols is 1. The third-order valence-corrected chi connectivity index (χ3v) is 11.7. The summed E-state index contributed by atoms with van der Waals surface area (Å²) in [5.74, 6) is 3.06. The summed E-state index contributed by atoms with van der Waals surface area (Å²) in [6.45, 7) is 3.78. The van der Waals surface area contributed by atoms with Gasteiger partial charge in [0.15, 0.2) is 0 Å². The van der Waals surface area contributed by atoms with Crippen molar-refractivity contribution in [1.82, 2.24) is 10.2 Å². The molecule has 1 aliphatic carbocycles. The number of morpholine rings is 1. The number of nitrogens with one attached hydrogen (secondary N) is 1. The molecule has 6 atom stereocenters. The lowest BCUT2D eigenvalue weighted by Gasteiger charge is -2.46. The third kappa shape index (κ3) is 6.98. The van der Waals surface area contributed by atoms with Crippen LogP contribution in [0.15, 0.2) is 127 Å². The predicted molar refractivity (Wildman–Crippen MR) is 220 cm³/mol. The molecule has 4 aromatic rings. The zero-order valence-electron chi connectivity index (χ0n) is 32.7. The Labute approximate surface area is 343 Å². The highest BCUT2D eigenvalue weighted by molar-refractivity contribution is 6.23. The van der Waals surface area contributed by atoms with Crippen LogP contribution in [-0.4, -0.2) is 66.8 Å². The molecule has 3 amide bonds. The summed E-state index contributed by atoms with van der Waals surface area (Å²) < 4.78 is 17.2. The first-order chi connectivity index (χ1) is 28.8. The number of phenolic OH excluding ortho intramolecular Hbond substituents is 1. The van der Waals surface area contributed by atoms with E-state index in [2.05, 4.69) is 29.8 Å². The van der Waals surface area contributed by atoms with E-state index in [0.717, 1.165) is 41.7 Å². The van der Waals surface area contributed by atoms with Crippen LogP contribution in [0, 0.1) is 17.8 Å². The maximum Gasteiger partial charge on any atom is 0.421 e. The van der Waals surface area contributed by atoms with E-state index in [9.17, 15) is 14.7 Å². The van der Waals surface area contributed by atoms with Crippen LogP contribution in [0.3, 0.4) is 0 Å². The average Bonchev–Trinajstić information content (AvgIpc) is 3.72. The number of esters is 1. The molecular weight excluding hydrogens is 747 g/mol. The van der Waals surface area contributed by atoms with Gasteiger partial charge in [-0.15, -0.1) is 6.58 Å². The summed E-state index contributed by atoms with van der Waals surface area (Å²) in [6.07, 6.45) is 5.78. The van der Waals surface area contributed by atoms with E-state index in [-0.39, 0.29) is 31.2 Å². The smallest absolute Gasteiger partial charge is 0.421 e. The van der Waals surface area contributed by atoms with E-state index >= 15 is 9.59 Å². The highest BCUT2D eigenvalue weighted by Gasteiger charge is 2.75. The lowest BCUT2D eigenvalue weighted by atomic mass is 9.65. The molecule has 2 N–H and O–H groups in total. The summed E-state index contributed by atoms with van der Waals surface area (Å²) in [6, 6.07) is 27.3. The summed E-state index contributed by atoms with van der Waals surface area (Å²) >= 11 is 0. The van der Waals surface area contributed by atoms with Crippen LogP contribution >= 0.6 is 0 Å². The standard InChI is InChI=1S/C48H45N3O8/c1-3-27-49-44(53)39-41-45(54)59-42(34-17-11-6-12-18-34)40(33-15-9-5-10-16-33)51(41)43(35-22-24-36(52)25-23-35)48(39)37-30-32(20-19-31-13-7-4-8-14-31)21-26-38(37)50(46(48)55)47(56)58-29-28-57-2/h3,5-6,9-13,15-18,21-26,30,39-43,52H,1,4,7-8,14,27-29H2,2H3,(H,49,53). The van der Waals surface area contributed by atoms with Crippen LogP contribution in [-0.2, 0) is 34.0 Å². The Morgan fingerprint density at radius 2 is 1.64 bits per heavy atom. The van der Waals surface area contributed by atoms with Gasteiger partial charge in [0.25, 0.3) is 0 Å². The number of benzene rings is 4. The second kappa shape index (κ2) is 16.8. The Morgan fingerprint density at radius 1 is 0.915 bits per heavy atom. The molecule has 11 nitrogen and oxygen atoms in total. The van der Waals surface area contributed by atoms with Crippen LogP contribution in [0.1, 0.15) is 71.7 Å². The van der Waals surface area contributed by atoms with E-state index in [1.807, 2.05) is 65.6 Å². The molecule has 59 heavy (non-hydrogen) atoms. The molecule has 0 bridgehead atoms. The monoisotopic (exact) mass is 791 g/mol. The molecule has 4 aliphatic rings. The number of nitrogens with zero attached hydrogens (tertiary/aromatic N) is 2. The van der Waals surface area contributed by atoms with Gasteiger partial charge in [-0.1, -0.05) is 96.8 Å². The lowest BCUT2D eigenvalue weighted by molar-refractivity contribution is -0.178. The van der Waals surface area contributed by atoms with Crippen molar-refractivity contribution < 1.29 is 38.5 Å². The van der Waals surface area contributed by atoms with Crippen molar-refractivity contribution in [2.75, 3.05) is 31.8 Å². The summed E-state index contributed by atoms with van der Waals surface area (Å²) in [5.41, 5.74) is 2.16. The second-order valence-electron chi connectivity index (χ2n) is 15.1. The maximum absolute atomic E-state index is 16.0. The van der Waals surface area contributed by atoms with Crippen molar-refractivity contribution in [3.63, 3.8) is 0 Å². The number of cyclic esters (lactones) is 1. The number of allylic oxidation sites excluding steroid dienone is 2. The number of aromatic hydroxyl groups is 1. The fourth-order valence-electron chi connectivity index (χ4n) is 9.29. The zero-order chi connectivity index (χ0) is 41.1. The first-order valence-corrected chi connectivity index (χ1v) is 19.9. The van der Waals surface area contributed by atoms with Crippen molar-refractivity contribution in [2.45, 2.75) is 55.3 Å². The number of hydrogen-bond donors (Lipinski definition) is 2. The molecule has 300 valence electrons. The highest BCUT2D eigenvalue weighted by atomic mass is 16.6. The van der Waals surface area contributed by atoms with Gasteiger partial charge in [-0.05, 0) is 83.8 Å². The fraction of sp³-hybridized carbons (Fsp3) is 0.292. The molecule has 6 unspecified atom stereocenters. The number of carbonyl (C=O) groups is 4. The maximum atomic E-state index is 16.0. The molecule has 8 rings (SSSR count). The molecule has 1 spiro atoms. The summed E-state index contributed by atoms with van der Waals surface area (Å²) in [5, 5.41) is 13.5. The Balaban J connectivity index is 1.44. The first kappa shape index (κ1) is 39.4. The second-order valence-corrected chi connectivity index (χ2v) is 15.1. The van der Waals surface area contributed by atoms with Gasteiger partial charge in [0.1, 0.15) is 29.9 Å². The molecule has 3 aliphatic heterocycles. The minimum atomic E-state index is -1.96. The molecule has 0 radical (unpaired) electrons. The minimum Gasteiger partial charge on any atom is -0.508 e. The molecule has 2 saturated heterocycles. The van der Waals surface area contributed by atoms with E-state index in [1.165, 1.54) is 25.3 Å². The molecule has 0 aromatic heterocycles. The molecule has 4 aromatic carbocycles. The minimum absolute atomic E-state index is 0.0199. The van der Waals surface area contributed by atoms with Gasteiger partial charge in [-0.25, -0.2) is 9.69 Å². The number of fused-ring (bicyclic) bond motifs is 3. The van der Waals surface area contributed by atoms with Crippen LogP contribution in [0.5, 0.6) is 5.75 Å². The lowest BCUT2D eigenvalue weighted by Crippen LogP contribution is -2.55. The number of carbonyl (C=O) groups excluding carboxylic acids is 4. The van der Waals surface area contributed by atoms with E-state index in [4.69, 9.17) is 14.2 Å². The van der Waals surface area contributed by atoms with Crippen LogP contribution in [0.25, 0.3) is 0 Å². The van der Waals surface area contributed by atoms with E-state index in [0.29, 0.717) is 22.3 Å². The molecule has 2 fully saturated rings. The van der Waals surface area contributed by atoms with Gasteiger partial charge in [-0.2, -0.15) is 0 Å². The van der Waals surface area contributed by atoms with E-state index < -0.39 is 59.4 Å². The number of imide groups is 1. The van der Waals surface area contributed by atoms with Crippen molar-refractivity contribution in [1.29, 1.82) is 0 Å². The van der Waals surface area contributed by atoms with Crippen molar-refractivity contribution >= 4 is 29.6 Å². The highest BCUT2D eigenvalue weighted by Crippen LogP contribution is 2.66. The van der Waals surface area contributed by atoms with Crippen molar-refractivity contribution in [2.24, 2.45) is 5.92 Å². The Hall–Kier alpha value is -6.48. The number of anilines is 1. The van der Waals surface area contributed by atoms with Crippen LogP contribution in [0.2, 0.25) is 0 Å². The van der Waals surface area contributed by atoms with Crippen molar-refractivity contribution in [3.05, 3.63) is 155 Å². The normalized spacial score (nSPS) is 24.6. The number of amides is 3. The average molecular weight is 792 g/mol. The number of methoxy groups -OCH3 is 1. The zero-order valence-corrected chi connectivity index (χ0v) is 32.7. The predicted octanol–water partition coefficient (Wildman–Crippen LogP) is 6.99. The van der Waals surface area contributed by atoms with E-state index in [1.54, 1.807) is 30.3 Å². The van der Waals surface area contributed by atoms with Gasteiger partial charge >= 0.3 is 12.1 Å². The number of ether oxygens (including phenoxy) is 3. The Kier molecular flexibility index (Phi) is 11.2. The number of hydrogen-bond acceptors (Lipinski definition) is 9. The Morgan fingerprint density at radius 3 is 2.32 bits per heavy atom. The molecule has 0 saturated carbocycles. The Bertz CT molecular complexity index is 2350. The van der Waals surface area contributed by atoms with Crippen LogP contribution < -0.4 is 10.2 Å². The van der Waals surface area contributed by atoms with Crippen LogP contribution in [0.4, 0.5) is 10.5 Å². The third-order valence-electron chi connectivity index (χ3n) is 11.7. The van der Waals surface area contributed by atoms with Gasteiger partial charge < -0.3 is 24.6 Å². The molecule has 3 heterocycles. The fourth-order valence-corrected chi connectivity index (χ4v) is 9.29. The van der Waals surface area contributed by atoms with Gasteiger partial charge in [0, 0.05) is 19.2 Å². The van der Waals surface area contributed by atoms with Crippen molar-refractivity contribution in [3.8, 4) is 17.6 Å². The van der Waals surface area contributed by atoms with Gasteiger partial charge in [0.2, 0.25) is 11.8 Å². The number of rotatable bonds is 9. The topological polar surface area (TPSA) is 135 Å². The van der Waals surface area contributed by atoms with Gasteiger partial charge in [0.05, 0.1) is 30.3 Å². The summed E-state index contributed by atoms with van der Waals surface area (Å²) in [7, 11) is 1.47. The molecular formula is C48H45N3O8. The van der Waals surface area contributed by atoms with Gasteiger partial charge in [-0.3, -0.25) is 19.3 Å². The largest absolute Gasteiger partial charge is 0.508 e. The SMILES string of the molecule is C=CCNC(=O)C1C2C(=O)OC(c3ccccc3)C(c3ccccc3)N2C(c2ccc(O)cc2)C12C(=O)N(C(=O)OCCOC)c1ccc(C#CC3=CCCCC3)cc12. The molecule has 11 heteroatoms.